The summed E-state index contributed by atoms with van der Waals surface area (Å²) in [5, 5.41) is 54.4. The number of aliphatic hydroxyl groups excluding tert-OH is 5. The van der Waals surface area contributed by atoms with E-state index >= 15 is 0 Å². The van der Waals surface area contributed by atoms with Crippen LogP contribution < -0.4 is 5.32 Å². The van der Waals surface area contributed by atoms with Gasteiger partial charge in [-0.15, -0.1) is 0 Å². The lowest BCUT2D eigenvalue weighted by molar-refractivity contribution is -0.302. The predicted molar refractivity (Wildman–Crippen MR) is 375 cm³/mol. The molecule has 1 rings (SSSR count). The molecule has 11 heteroatoms. The van der Waals surface area contributed by atoms with Gasteiger partial charge in [0.1, 0.15) is 24.4 Å². The van der Waals surface area contributed by atoms with Crippen LogP contribution in [0.4, 0.5) is 0 Å². The average molecular weight is 1250 g/mol. The molecule has 1 aliphatic rings. The lowest BCUT2D eigenvalue weighted by Crippen LogP contribution is -2.60. The van der Waals surface area contributed by atoms with E-state index in [4.69, 9.17) is 14.2 Å². The smallest absolute Gasteiger partial charge is 0.305 e. The van der Waals surface area contributed by atoms with Crippen molar-refractivity contribution >= 4 is 11.9 Å². The van der Waals surface area contributed by atoms with Crippen molar-refractivity contribution < 1.29 is 49.3 Å². The zero-order chi connectivity index (χ0) is 64.4. The molecule has 0 radical (unpaired) electrons. The van der Waals surface area contributed by atoms with Crippen molar-refractivity contribution in [1.29, 1.82) is 0 Å². The standard InChI is InChI=1S/C78H143NO10/c1-3-5-7-9-11-13-44-48-52-56-60-64-71(81)70(69-88-78-77(86)76(85)75(84)72(68-80)89-78)79-73(82)65-61-57-53-49-46-42-40-38-36-34-32-30-28-26-24-22-20-18-16-15-17-19-21-23-25-27-29-31-33-35-37-39-41-43-47-51-55-59-63-67-87-74(83)66-62-58-54-50-45-14-12-10-8-6-4-2/h10,12,15-16,19,21,44,48,60,64,70-72,75-78,80-81,84-86H,3-9,11,13-14,17-18,20,22-43,45-47,49-59,61-63,65-69H2,1-2H3,(H,79,82)/b12-10-,16-15-,21-19-,48-44+,64-60+. The van der Waals surface area contributed by atoms with E-state index in [1.165, 1.54) is 270 Å². The number of esters is 1. The maximum absolute atomic E-state index is 13.0. The van der Waals surface area contributed by atoms with Crippen LogP contribution in [0.3, 0.4) is 0 Å². The van der Waals surface area contributed by atoms with Crippen molar-refractivity contribution in [3.63, 3.8) is 0 Å². The van der Waals surface area contributed by atoms with Crippen LogP contribution in [-0.2, 0) is 23.8 Å². The number of amides is 1. The van der Waals surface area contributed by atoms with Gasteiger partial charge >= 0.3 is 5.97 Å². The van der Waals surface area contributed by atoms with Gasteiger partial charge in [0.05, 0.1) is 32.0 Å². The van der Waals surface area contributed by atoms with Gasteiger partial charge in [0.25, 0.3) is 0 Å². The second-order valence-electron chi connectivity index (χ2n) is 26.3. The van der Waals surface area contributed by atoms with Gasteiger partial charge in [0.2, 0.25) is 5.91 Å². The molecule has 89 heavy (non-hydrogen) atoms. The summed E-state index contributed by atoms with van der Waals surface area (Å²) in [6.07, 6.45) is 79.7. The molecule has 1 amide bonds. The van der Waals surface area contributed by atoms with Gasteiger partial charge in [-0.2, -0.15) is 0 Å². The monoisotopic (exact) mass is 1250 g/mol. The summed E-state index contributed by atoms with van der Waals surface area (Å²) in [6.45, 7) is 4.30. The Kier molecular flexibility index (Phi) is 63.3. The van der Waals surface area contributed by atoms with E-state index in [9.17, 15) is 35.1 Å². The van der Waals surface area contributed by atoms with Crippen molar-refractivity contribution in [2.75, 3.05) is 19.8 Å². The Labute approximate surface area is 548 Å². The average Bonchev–Trinajstić information content (AvgIpc) is 2.25. The van der Waals surface area contributed by atoms with E-state index in [2.05, 4.69) is 67.8 Å². The topological polar surface area (TPSA) is 175 Å². The first-order valence-corrected chi connectivity index (χ1v) is 38.1. The fraction of sp³-hybridized carbons (Fsp3) is 0.846. The van der Waals surface area contributed by atoms with Crippen molar-refractivity contribution in [3.05, 3.63) is 60.8 Å². The van der Waals surface area contributed by atoms with Crippen LogP contribution >= 0.6 is 0 Å². The number of aliphatic hydroxyl groups is 5. The van der Waals surface area contributed by atoms with Crippen LogP contribution in [0, 0.1) is 0 Å². The Morgan fingerprint density at radius 2 is 0.775 bits per heavy atom. The molecule has 520 valence electrons. The molecular weight excluding hydrogens is 1110 g/mol. The number of hydrogen-bond acceptors (Lipinski definition) is 10. The maximum Gasteiger partial charge on any atom is 0.305 e. The third-order valence-corrected chi connectivity index (χ3v) is 17.8. The summed E-state index contributed by atoms with van der Waals surface area (Å²) in [4.78, 5) is 25.1. The van der Waals surface area contributed by atoms with Gasteiger partial charge in [-0.3, -0.25) is 9.59 Å². The summed E-state index contributed by atoms with van der Waals surface area (Å²) in [6, 6.07) is -0.825. The predicted octanol–water partition coefficient (Wildman–Crippen LogP) is 20.1. The maximum atomic E-state index is 13.0. The summed E-state index contributed by atoms with van der Waals surface area (Å²) < 4.78 is 16.7. The number of hydrogen-bond donors (Lipinski definition) is 6. The fourth-order valence-corrected chi connectivity index (χ4v) is 11.8. The van der Waals surface area contributed by atoms with E-state index in [1.54, 1.807) is 6.08 Å². The molecule has 0 aromatic heterocycles. The summed E-state index contributed by atoms with van der Waals surface area (Å²) in [7, 11) is 0. The van der Waals surface area contributed by atoms with Crippen LogP contribution in [0.5, 0.6) is 0 Å². The third kappa shape index (κ3) is 55.5. The van der Waals surface area contributed by atoms with Gasteiger partial charge in [-0.05, 0) is 96.3 Å². The summed E-state index contributed by atoms with van der Waals surface area (Å²) >= 11 is 0. The first kappa shape index (κ1) is 84.4. The fourth-order valence-electron chi connectivity index (χ4n) is 11.8. The third-order valence-electron chi connectivity index (χ3n) is 17.8. The minimum Gasteiger partial charge on any atom is -0.466 e. The second kappa shape index (κ2) is 66.8. The molecule has 1 fully saturated rings. The Morgan fingerprint density at radius 3 is 1.21 bits per heavy atom. The van der Waals surface area contributed by atoms with Crippen LogP contribution in [0.2, 0.25) is 0 Å². The molecule has 6 N–H and O–H groups in total. The molecule has 1 heterocycles. The highest BCUT2D eigenvalue weighted by molar-refractivity contribution is 5.76. The van der Waals surface area contributed by atoms with Crippen molar-refractivity contribution in [2.24, 2.45) is 0 Å². The number of unbranched alkanes of at least 4 members (excludes halogenated alkanes) is 45. The van der Waals surface area contributed by atoms with Gasteiger partial charge in [-0.25, -0.2) is 0 Å². The van der Waals surface area contributed by atoms with E-state index in [0.29, 0.717) is 19.4 Å². The van der Waals surface area contributed by atoms with E-state index in [-0.39, 0.29) is 18.5 Å². The van der Waals surface area contributed by atoms with Gasteiger partial charge in [0.15, 0.2) is 6.29 Å². The summed E-state index contributed by atoms with van der Waals surface area (Å²) in [5.41, 5.74) is 0. The lowest BCUT2D eigenvalue weighted by atomic mass is 9.99. The first-order valence-electron chi connectivity index (χ1n) is 38.1. The molecule has 0 aromatic rings. The highest BCUT2D eigenvalue weighted by Gasteiger charge is 2.44. The number of allylic oxidation sites excluding steroid dienone is 9. The minimum atomic E-state index is -1.58. The molecule has 0 aromatic carbocycles. The number of carbonyl (C=O) groups is 2. The molecule has 0 spiro atoms. The Morgan fingerprint density at radius 1 is 0.416 bits per heavy atom. The van der Waals surface area contributed by atoms with Crippen LogP contribution in [0.15, 0.2) is 60.8 Å². The number of rotatable bonds is 67. The Hall–Kier alpha value is -2.64. The number of nitrogens with one attached hydrogen (secondary N) is 1. The summed E-state index contributed by atoms with van der Waals surface area (Å²) in [5.74, 6) is -0.186. The van der Waals surface area contributed by atoms with Crippen LogP contribution in [0.1, 0.15) is 361 Å². The molecule has 0 bridgehead atoms. The minimum absolute atomic E-state index is 0.00318. The van der Waals surface area contributed by atoms with Crippen molar-refractivity contribution in [2.45, 2.75) is 403 Å². The lowest BCUT2D eigenvalue weighted by Gasteiger charge is -2.40. The Balaban J connectivity index is 1.91. The van der Waals surface area contributed by atoms with Crippen molar-refractivity contribution in [1.82, 2.24) is 5.32 Å². The van der Waals surface area contributed by atoms with E-state index in [0.717, 1.165) is 64.2 Å². The van der Waals surface area contributed by atoms with Gasteiger partial charge in [-0.1, -0.05) is 312 Å². The molecule has 7 unspecified atom stereocenters. The van der Waals surface area contributed by atoms with Gasteiger partial charge in [0, 0.05) is 12.8 Å². The van der Waals surface area contributed by atoms with Gasteiger partial charge < -0.3 is 45.1 Å². The SMILES string of the molecule is CCCC/C=C\CCCCCCCC(=O)OCCCCCCCCCCCCCCCCC/C=C\C/C=C\CCCCCCCCCCCCCCCCCCCC(=O)NC(COC1OC(CO)C(O)C(O)C1O)C(O)/C=C/CC/C=C/CCCCCCC. The van der Waals surface area contributed by atoms with Crippen molar-refractivity contribution in [3.8, 4) is 0 Å². The molecule has 1 aliphatic heterocycles. The quantitative estimate of drug-likeness (QED) is 0.0195. The zero-order valence-corrected chi connectivity index (χ0v) is 57.9. The molecule has 0 saturated carbocycles. The second-order valence-corrected chi connectivity index (χ2v) is 26.3. The van der Waals surface area contributed by atoms with E-state index in [1.807, 2.05) is 6.08 Å². The molecule has 0 aliphatic carbocycles. The number of ether oxygens (including phenoxy) is 3. The molecule has 7 atom stereocenters. The highest BCUT2D eigenvalue weighted by atomic mass is 16.7. The molecule has 1 saturated heterocycles. The highest BCUT2D eigenvalue weighted by Crippen LogP contribution is 2.23. The Bertz CT molecular complexity index is 1660. The normalized spacial score (nSPS) is 18.0. The van der Waals surface area contributed by atoms with E-state index < -0.39 is 49.5 Å². The van der Waals surface area contributed by atoms with Crippen LogP contribution in [-0.4, -0.2) is 100 Å². The zero-order valence-electron chi connectivity index (χ0n) is 57.9. The molecular formula is C78H143NO10. The van der Waals surface area contributed by atoms with Crippen LogP contribution in [0.25, 0.3) is 0 Å². The number of carbonyl (C=O) groups excluding carboxylic acids is 2. The largest absolute Gasteiger partial charge is 0.466 e. The first-order chi connectivity index (χ1) is 43.7. The molecule has 11 nitrogen and oxygen atoms in total.